The zero-order chi connectivity index (χ0) is 19.7. The van der Waals surface area contributed by atoms with Crippen molar-refractivity contribution in [2.45, 2.75) is 39.5 Å². The number of carbonyl (C=O) groups is 2. The van der Waals surface area contributed by atoms with Gasteiger partial charge in [-0.05, 0) is 62.8 Å². The highest BCUT2D eigenvalue weighted by Crippen LogP contribution is 2.29. The van der Waals surface area contributed by atoms with Crippen LogP contribution in [0.3, 0.4) is 0 Å². The van der Waals surface area contributed by atoms with E-state index in [4.69, 9.17) is 9.72 Å². The number of benzene rings is 1. The van der Waals surface area contributed by atoms with E-state index in [-0.39, 0.29) is 12.0 Å². The number of hydrogen-bond acceptors (Lipinski definition) is 4. The number of pyridine rings is 1. The van der Waals surface area contributed by atoms with Gasteiger partial charge in [0.15, 0.2) is 0 Å². The molecule has 6 heteroatoms. The average molecular weight is 381 g/mol. The van der Waals surface area contributed by atoms with Crippen molar-refractivity contribution in [3.05, 3.63) is 40.6 Å². The van der Waals surface area contributed by atoms with Crippen LogP contribution < -0.4 is 0 Å². The molecule has 28 heavy (non-hydrogen) atoms. The van der Waals surface area contributed by atoms with Crippen molar-refractivity contribution in [2.75, 3.05) is 32.8 Å². The molecule has 0 spiro atoms. The van der Waals surface area contributed by atoms with Crippen molar-refractivity contribution < 1.29 is 14.3 Å². The first kappa shape index (κ1) is 18.7. The van der Waals surface area contributed by atoms with Crippen LogP contribution in [0.2, 0.25) is 0 Å². The van der Waals surface area contributed by atoms with Crippen molar-refractivity contribution in [3.8, 4) is 0 Å². The van der Waals surface area contributed by atoms with Gasteiger partial charge in [-0.2, -0.15) is 0 Å². The maximum Gasteiger partial charge on any atom is 0.409 e. The lowest BCUT2D eigenvalue weighted by molar-refractivity contribution is 0.0570. The van der Waals surface area contributed by atoms with Crippen LogP contribution in [0.25, 0.3) is 10.9 Å². The summed E-state index contributed by atoms with van der Waals surface area (Å²) in [5.74, 6) is 0.00239. The van der Waals surface area contributed by atoms with Crippen molar-refractivity contribution >= 4 is 22.9 Å². The van der Waals surface area contributed by atoms with E-state index in [1.165, 1.54) is 29.7 Å². The summed E-state index contributed by atoms with van der Waals surface area (Å²) in [6.45, 7) is 6.38. The predicted molar refractivity (Wildman–Crippen MR) is 108 cm³/mol. The first-order valence-electron chi connectivity index (χ1n) is 10.2. The molecule has 0 saturated carbocycles. The topological polar surface area (TPSA) is 62.7 Å². The summed E-state index contributed by atoms with van der Waals surface area (Å²) in [5, 5.41) is 1.14. The Morgan fingerprint density at radius 1 is 1.07 bits per heavy atom. The normalized spacial score (nSPS) is 16.8. The molecule has 2 amide bonds. The molecule has 0 atom stereocenters. The number of aryl methyl sites for hydroxylation is 2. The minimum Gasteiger partial charge on any atom is -0.450 e. The Kier molecular flexibility index (Phi) is 5.20. The minimum absolute atomic E-state index is 0.00239. The number of rotatable bonds is 2. The fraction of sp³-hybridized carbons (Fsp3) is 0.500. The Labute approximate surface area is 165 Å². The number of nitrogens with zero attached hydrogens (tertiary/aromatic N) is 3. The second kappa shape index (κ2) is 7.78. The molecule has 1 aliphatic heterocycles. The summed E-state index contributed by atoms with van der Waals surface area (Å²) in [7, 11) is 0. The summed E-state index contributed by atoms with van der Waals surface area (Å²) in [4.78, 5) is 33.2. The highest BCUT2D eigenvalue weighted by atomic mass is 16.6. The molecule has 1 aliphatic carbocycles. The van der Waals surface area contributed by atoms with Crippen LogP contribution in [-0.4, -0.2) is 59.6 Å². The summed E-state index contributed by atoms with van der Waals surface area (Å²) in [6, 6.07) is 5.87. The number of aromatic nitrogens is 1. The van der Waals surface area contributed by atoms with Crippen molar-refractivity contribution in [2.24, 2.45) is 0 Å². The Morgan fingerprint density at radius 2 is 1.79 bits per heavy atom. The molecule has 1 aromatic heterocycles. The highest BCUT2D eigenvalue weighted by molar-refractivity contribution is 5.98. The summed E-state index contributed by atoms with van der Waals surface area (Å²) in [5.41, 5.74) is 5.48. The van der Waals surface area contributed by atoms with Gasteiger partial charge in [-0.3, -0.25) is 9.78 Å². The van der Waals surface area contributed by atoms with E-state index in [2.05, 4.69) is 6.92 Å². The number of amides is 2. The smallest absolute Gasteiger partial charge is 0.409 e. The molecule has 0 radical (unpaired) electrons. The summed E-state index contributed by atoms with van der Waals surface area (Å²) < 4.78 is 5.04. The average Bonchev–Trinajstić information content (AvgIpc) is 2.73. The SMILES string of the molecule is CCOC(=O)N1CCN(C(=O)c2ccc3c(C)c4c(nc3c2)CCCC4)CC1. The number of fused-ring (bicyclic) bond motifs is 2. The molecule has 0 bridgehead atoms. The molecule has 148 valence electrons. The molecule has 0 unspecified atom stereocenters. The van der Waals surface area contributed by atoms with Crippen molar-refractivity contribution in [1.29, 1.82) is 0 Å². The quantitative estimate of drug-likeness (QED) is 0.800. The summed E-state index contributed by atoms with van der Waals surface area (Å²) >= 11 is 0. The molecule has 1 saturated heterocycles. The summed E-state index contributed by atoms with van der Waals surface area (Å²) in [6.07, 6.45) is 4.25. The molecule has 2 heterocycles. The van der Waals surface area contributed by atoms with Gasteiger partial charge in [-0.1, -0.05) is 6.07 Å². The van der Waals surface area contributed by atoms with E-state index in [1.54, 1.807) is 11.8 Å². The maximum absolute atomic E-state index is 13.0. The lowest BCUT2D eigenvalue weighted by atomic mass is 9.90. The van der Waals surface area contributed by atoms with Gasteiger partial charge in [0.2, 0.25) is 0 Å². The van der Waals surface area contributed by atoms with Gasteiger partial charge in [-0.25, -0.2) is 4.79 Å². The molecule has 1 fully saturated rings. The minimum atomic E-state index is -0.301. The monoisotopic (exact) mass is 381 g/mol. The molecule has 6 nitrogen and oxygen atoms in total. The van der Waals surface area contributed by atoms with Crippen molar-refractivity contribution in [1.82, 2.24) is 14.8 Å². The number of hydrogen-bond donors (Lipinski definition) is 0. The lowest BCUT2D eigenvalue weighted by Gasteiger charge is -2.34. The fourth-order valence-corrected chi connectivity index (χ4v) is 4.29. The van der Waals surface area contributed by atoms with E-state index in [0.717, 1.165) is 23.7 Å². The first-order chi connectivity index (χ1) is 13.6. The Bertz CT molecular complexity index is 917. The van der Waals surface area contributed by atoms with Crippen molar-refractivity contribution in [3.63, 3.8) is 0 Å². The Balaban J connectivity index is 1.53. The Morgan fingerprint density at radius 3 is 2.54 bits per heavy atom. The second-order valence-corrected chi connectivity index (χ2v) is 7.58. The number of carbonyl (C=O) groups excluding carboxylic acids is 2. The van der Waals surface area contributed by atoms with Crippen LogP contribution in [0.15, 0.2) is 18.2 Å². The van der Waals surface area contributed by atoms with Gasteiger partial charge in [0.05, 0.1) is 12.1 Å². The highest BCUT2D eigenvalue weighted by Gasteiger charge is 2.26. The fourth-order valence-electron chi connectivity index (χ4n) is 4.29. The second-order valence-electron chi connectivity index (χ2n) is 7.58. The van der Waals surface area contributed by atoms with Gasteiger partial charge >= 0.3 is 6.09 Å². The third-order valence-corrected chi connectivity index (χ3v) is 5.89. The maximum atomic E-state index is 13.0. The molecule has 0 N–H and O–H groups in total. The largest absolute Gasteiger partial charge is 0.450 e. The van der Waals surface area contributed by atoms with E-state index in [0.29, 0.717) is 38.3 Å². The molecular weight excluding hydrogens is 354 g/mol. The lowest BCUT2D eigenvalue weighted by Crippen LogP contribution is -2.50. The van der Waals surface area contributed by atoms with E-state index in [1.807, 2.05) is 23.1 Å². The van der Waals surface area contributed by atoms with Gasteiger partial charge in [0, 0.05) is 42.8 Å². The first-order valence-corrected chi connectivity index (χ1v) is 10.2. The Hall–Kier alpha value is -2.63. The molecule has 1 aromatic carbocycles. The van der Waals surface area contributed by atoms with Gasteiger partial charge in [0.25, 0.3) is 5.91 Å². The van der Waals surface area contributed by atoms with E-state index in [9.17, 15) is 9.59 Å². The predicted octanol–water partition coefficient (Wildman–Crippen LogP) is 3.34. The number of piperazine rings is 1. The zero-order valence-electron chi connectivity index (χ0n) is 16.7. The van der Waals surface area contributed by atoms with Crippen LogP contribution in [0.5, 0.6) is 0 Å². The van der Waals surface area contributed by atoms with E-state index < -0.39 is 0 Å². The molecule has 2 aromatic rings. The molecular formula is C22H27N3O3. The van der Waals surface area contributed by atoms with Crippen LogP contribution in [0, 0.1) is 6.92 Å². The zero-order valence-corrected chi connectivity index (χ0v) is 16.7. The standard InChI is InChI=1S/C22H27N3O3/c1-3-28-22(27)25-12-10-24(11-13-25)21(26)16-8-9-18-15(2)17-6-4-5-7-19(17)23-20(18)14-16/h8-9,14H,3-7,10-13H2,1-2H3. The third-order valence-electron chi connectivity index (χ3n) is 5.89. The van der Waals surface area contributed by atoms with E-state index >= 15 is 0 Å². The van der Waals surface area contributed by atoms with Crippen LogP contribution in [-0.2, 0) is 17.6 Å². The molecule has 2 aliphatic rings. The van der Waals surface area contributed by atoms with Gasteiger partial charge in [-0.15, -0.1) is 0 Å². The van der Waals surface area contributed by atoms with Gasteiger partial charge in [0.1, 0.15) is 0 Å². The van der Waals surface area contributed by atoms with Crippen LogP contribution in [0.4, 0.5) is 4.79 Å². The third kappa shape index (κ3) is 3.43. The van der Waals surface area contributed by atoms with Crippen LogP contribution >= 0.6 is 0 Å². The molecule has 4 rings (SSSR count). The van der Waals surface area contributed by atoms with Crippen LogP contribution in [0.1, 0.15) is 46.9 Å². The van der Waals surface area contributed by atoms with Gasteiger partial charge < -0.3 is 14.5 Å². The number of ether oxygens (including phenoxy) is 1.